The molecular formula is C16H22O4. The quantitative estimate of drug-likeness (QED) is 0.541. The van der Waals surface area contributed by atoms with E-state index >= 15 is 0 Å². The fraction of sp³-hybridized carbons (Fsp3) is 0.500. The third-order valence-electron chi connectivity index (χ3n) is 2.97. The molecule has 0 heterocycles. The molecule has 1 rings (SSSR count). The molecule has 0 amide bonds. The van der Waals surface area contributed by atoms with Gasteiger partial charge < -0.3 is 9.47 Å². The molecule has 0 aliphatic heterocycles. The van der Waals surface area contributed by atoms with Crippen LogP contribution in [0, 0.1) is 0 Å². The van der Waals surface area contributed by atoms with Crippen LogP contribution < -0.4 is 0 Å². The monoisotopic (exact) mass is 278 g/mol. The highest BCUT2D eigenvalue weighted by atomic mass is 16.5. The van der Waals surface area contributed by atoms with E-state index in [1.54, 1.807) is 6.92 Å². The highest BCUT2D eigenvalue weighted by Crippen LogP contribution is 2.23. The zero-order chi connectivity index (χ0) is 14.8. The summed E-state index contributed by atoms with van der Waals surface area (Å²) in [5.74, 6) is -0.699. The smallest absolute Gasteiger partial charge is 0.313 e. The van der Waals surface area contributed by atoms with Gasteiger partial charge in [-0.05, 0) is 31.7 Å². The first kappa shape index (κ1) is 16.2. The summed E-state index contributed by atoms with van der Waals surface area (Å²) in [6, 6.07) is 9.63. The lowest BCUT2D eigenvalue weighted by Crippen LogP contribution is -2.16. The molecule has 110 valence electrons. The minimum absolute atomic E-state index is 0.189. The van der Waals surface area contributed by atoms with E-state index in [1.807, 2.05) is 30.3 Å². The van der Waals surface area contributed by atoms with Gasteiger partial charge in [-0.25, -0.2) is 0 Å². The molecule has 0 radical (unpaired) electrons. The molecule has 0 aliphatic carbocycles. The van der Waals surface area contributed by atoms with Gasteiger partial charge in [0.05, 0.1) is 19.1 Å². The molecule has 0 N–H and O–H groups in total. The Morgan fingerprint density at radius 2 is 1.80 bits per heavy atom. The highest BCUT2D eigenvalue weighted by molar-refractivity contribution is 5.78. The number of unbranched alkanes of at least 4 members (excludes halogenated alkanes) is 1. The number of hydrogen-bond acceptors (Lipinski definition) is 4. The highest BCUT2D eigenvalue weighted by Gasteiger charge is 2.21. The molecule has 1 atom stereocenters. The number of carbonyl (C=O) groups is 2. The van der Waals surface area contributed by atoms with Gasteiger partial charge in [-0.15, -0.1) is 0 Å². The Balaban J connectivity index is 2.51. The van der Waals surface area contributed by atoms with E-state index in [-0.39, 0.29) is 17.9 Å². The molecule has 0 saturated carbocycles. The number of carbonyl (C=O) groups excluding carboxylic acids is 2. The van der Waals surface area contributed by atoms with Crippen LogP contribution in [-0.2, 0) is 19.1 Å². The second-order valence-electron chi connectivity index (χ2n) is 4.55. The standard InChI is InChI=1S/C16H22O4/c1-3-19-16(18)15(14-9-5-4-6-10-14)11-7-8-12-20-13(2)17/h4-6,9-10,15H,3,7-8,11-12H2,1-2H3. The minimum atomic E-state index is -0.269. The van der Waals surface area contributed by atoms with E-state index in [0.29, 0.717) is 19.6 Å². The van der Waals surface area contributed by atoms with Gasteiger partial charge in [0.15, 0.2) is 0 Å². The van der Waals surface area contributed by atoms with Crippen molar-refractivity contribution in [3.05, 3.63) is 35.9 Å². The predicted octanol–water partition coefficient (Wildman–Crippen LogP) is 3.07. The largest absolute Gasteiger partial charge is 0.466 e. The Bertz CT molecular complexity index is 414. The summed E-state index contributed by atoms with van der Waals surface area (Å²) in [4.78, 5) is 22.7. The van der Waals surface area contributed by atoms with Crippen LogP contribution in [0.4, 0.5) is 0 Å². The third kappa shape index (κ3) is 5.87. The number of rotatable bonds is 8. The fourth-order valence-electron chi connectivity index (χ4n) is 2.02. The molecule has 0 aliphatic rings. The fourth-order valence-corrected chi connectivity index (χ4v) is 2.02. The Labute approximate surface area is 120 Å². The third-order valence-corrected chi connectivity index (χ3v) is 2.97. The van der Waals surface area contributed by atoms with E-state index < -0.39 is 0 Å². The van der Waals surface area contributed by atoms with Crippen molar-refractivity contribution in [1.29, 1.82) is 0 Å². The van der Waals surface area contributed by atoms with Gasteiger partial charge in [-0.3, -0.25) is 9.59 Å². The number of benzene rings is 1. The van der Waals surface area contributed by atoms with Gasteiger partial charge in [0, 0.05) is 6.92 Å². The first-order valence-corrected chi connectivity index (χ1v) is 7.00. The van der Waals surface area contributed by atoms with Crippen molar-refractivity contribution in [3.8, 4) is 0 Å². The average Bonchev–Trinajstić information content (AvgIpc) is 2.43. The summed E-state index contributed by atoms with van der Waals surface area (Å²) >= 11 is 0. The van der Waals surface area contributed by atoms with E-state index in [2.05, 4.69) is 0 Å². The van der Waals surface area contributed by atoms with E-state index in [1.165, 1.54) is 6.92 Å². The molecule has 4 heteroatoms. The van der Waals surface area contributed by atoms with Crippen LogP contribution in [-0.4, -0.2) is 25.2 Å². The van der Waals surface area contributed by atoms with Gasteiger partial charge in [-0.1, -0.05) is 30.3 Å². The number of hydrogen-bond donors (Lipinski definition) is 0. The maximum Gasteiger partial charge on any atom is 0.313 e. The van der Waals surface area contributed by atoms with Gasteiger partial charge in [0.25, 0.3) is 0 Å². The van der Waals surface area contributed by atoms with Crippen molar-refractivity contribution < 1.29 is 19.1 Å². The Hall–Kier alpha value is -1.84. The van der Waals surface area contributed by atoms with Crippen LogP contribution in [0.3, 0.4) is 0 Å². The van der Waals surface area contributed by atoms with E-state index in [4.69, 9.17) is 9.47 Å². The van der Waals surface area contributed by atoms with E-state index in [9.17, 15) is 9.59 Å². The average molecular weight is 278 g/mol. The van der Waals surface area contributed by atoms with Crippen LogP contribution in [0.2, 0.25) is 0 Å². The van der Waals surface area contributed by atoms with Crippen LogP contribution >= 0.6 is 0 Å². The molecule has 0 saturated heterocycles. The first-order valence-electron chi connectivity index (χ1n) is 7.00. The first-order chi connectivity index (χ1) is 9.65. The molecule has 0 bridgehead atoms. The molecule has 1 aromatic rings. The zero-order valence-electron chi connectivity index (χ0n) is 12.1. The van der Waals surface area contributed by atoms with Crippen LogP contribution in [0.15, 0.2) is 30.3 Å². The summed E-state index contributed by atoms with van der Waals surface area (Å²) in [7, 11) is 0. The SMILES string of the molecule is CCOC(=O)C(CCCCOC(C)=O)c1ccccc1. The lowest BCUT2D eigenvalue weighted by atomic mass is 9.93. The summed E-state index contributed by atoms with van der Waals surface area (Å²) < 4.78 is 10.0. The number of ether oxygens (including phenoxy) is 2. The summed E-state index contributed by atoms with van der Waals surface area (Å²) in [6.45, 7) is 3.99. The lowest BCUT2D eigenvalue weighted by molar-refractivity contribution is -0.145. The maximum absolute atomic E-state index is 12.0. The Morgan fingerprint density at radius 3 is 2.40 bits per heavy atom. The van der Waals surface area contributed by atoms with Crippen LogP contribution in [0.25, 0.3) is 0 Å². The lowest BCUT2D eigenvalue weighted by Gasteiger charge is -2.15. The van der Waals surface area contributed by atoms with Gasteiger partial charge in [0.2, 0.25) is 0 Å². The van der Waals surface area contributed by atoms with Crippen LogP contribution in [0.1, 0.15) is 44.6 Å². The molecule has 0 spiro atoms. The maximum atomic E-state index is 12.0. The summed E-state index contributed by atoms with van der Waals surface area (Å²) in [5.41, 5.74) is 0.971. The minimum Gasteiger partial charge on any atom is -0.466 e. The molecule has 0 fully saturated rings. The van der Waals surface area contributed by atoms with Crippen molar-refractivity contribution in [2.75, 3.05) is 13.2 Å². The second-order valence-corrected chi connectivity index (χ2v) is 4.55. The van der Waals surface area contributed by atoms with Crippen molar-refractivity contribution in [2.24, 2.45) is 0 Å². The summed E-state index contributed by atoms with van der Waals surface area (Å²) in [5, 5.41) is 0. The topological polar surface area (TPSA) is 52.6 Å². The van der Waals surface area contributed by atoms with Gasteiger partial charge >= 0.3 is 11.9 Å². The molecule has 4 nitrogen and oxygen atoms in total. The Morgan fingerprint density at radius 1 is 1.10 bits per heavy atom. The predicted molar refractivity (Wildman–Crippen MR) is 76.3 cm³/mol. The Kier molecular flexibility index (Phi) is 7.40. The normalized spacial score (nSPS) is 11.7. The second kappa shape index (κ2) is 9.13. The molecular weight excluding hydrogens is 256 g/mol. The molecule has 20 heavy (non-hydrogen) atoms. The van der Waals surface area contributed by atoms with Crippen molar-refractivity contribution >= 4 is 11.9 Å². The molecule has 1 unspecified atom stereocenters. The zero-order valence-corrected chi connectivity index (χ0v) is 12.1. The number of esters is 2. The van der Waals surface area contributed by atoms with Crippen molar-refractivity contribution in [2.45, 2.75) is 39.0 Å². The van der Waals surface area contributed by atoms with Gasteiger partial charge in [-0.2, -0.15) is 0 Å². The van der Waals surface area contributed by atoms with Crippen LogP contribution in [0.5, 0.6) is 0 Å². The van der Waals surface area contributed by atoms with Gasteiger partial charge in [0.1, 0.15) is 0 Å². The summed E-state index contributed by atoms with van der Waals surface area (Å²) in [6.07, 6.45) is 2.26. The van der Waals surface area contributed by atoms with Crippen molar-refractivity contribution in [1.82, 2.24) is 0 Å². The molecule has 0 aromatic heterocycles. The van der Waals surface area contributed by atoms with E-state index in [0.717, 1.165) is 18.4 Å². The van der Waals surface area contributed by atoms with Crippen molar-refractivity contribution in [3.63, 3.8) is 0 Å². The molecule has 1 aromatic carbocycles.